The predicted octanol–water partition coefficient (Wildman–Crippen LogP) is 2.98. The van der Waals surface area contributed by atoms with Crippen molar-refractivity contribution in [2.75, 3.05) is 11.7 Å². The van der Waals surface area contributed by atoms with Gasteiger partial charge in [-0.3, -0.25) is 5.43 Å². The summed E-state index contributed by atoms with van der Waals surface area (Å²) in [6.45, 7) is 1.75. The van der Waals surface area contributed by atoms with Crippen molar-refractivity contribution >= 4 is 34.0 Å². The summed E-state index contributed by atoms with van der Waals surface area (Å²) in [4.78, 5) is 0. The summed E-state index contributed by atoms with van der Waals surface area (Å²) < 4.78 is 4.16. The first-order valence-corrected chi connectivity index (χ1v) is 7.83. The number of aromatic hydroxyl groups is 2. The molecule has 21 heavy (non-hydrogen) atoms. The lowest BCUT2D eigenvalue weighted by molar-refractivity contribution is 0.403. The summed E-state index contributed by atoms with van der Waals surface area (Å²) >= 11 is 2.57. The molecule has 108 valence electrons. The van der Waals surface area contributed by atoms with Crippen molar-refractivity contribution in [2.24, 2.45) is 5.10 Å². The van der Waals surface area contributed by atoms with Crippen LogP contribution in [0, 0.1) is 11.3 Å². The van der Waals surface area contributed by atoms with Crippen LogP contribution < -0.4 is 5.43 Å². The van der Waals surface area contributed by atoms with E-state index in [2.05, 4.69) is 21.0 Å². The van der Waals surface area contributed by atoms with Crippen LogP contribution in [0.3, 0.4) is 0 Å². The molecule has 2 rings (SSSR count). The molecule has 2 aromatic rings. The Balaban J connectivity index is 2.23. The van der Waals surface area contributed by atoms with E-state index >= 15 is 0 Å². The third kappa shape index (κ3) is 3.26. The molecule has 0 unspecified atom stereocenters. The minimum absolute atomic E-state index is 0.182. The van der Waals surface area contributed by atoms with Crippen molar-refractivity contribution in [1.82, 2.24) is 4.37 Å². The van der Waals surface area contributed by atoms with Crippen LogP contribution in [0.4, 0.5) is 5.00 Å². The van der Waals surface area contributed by atoms with Gasteiger partial charge in [-0.15, -0.1) is 11.8 Å². The van der Waals surface area contributed by atoms with Crippen LogP contribution in [-0.2, 0) is 0 Å². The van der Waals surface area contributed by atoms with E-state index in [0.29, 0.717) is 26.9 Å². The van der Waals surface area contributed by atoms with Crippen molar-refractivity contribution in [1.29, 1.82) is 5.26 Å². The molecule has 0 fully saturated rings. The topological polar surface area (TPSA) is 102 Å². The zero-order chi connectivity index (χ0) is 15.4. The first-order chi connectivity index (χ1) is 10.1. The standard InChI is InChI=1S/C13H12N4O2S2/c1-7(8-3-4-10(18)11(19)5-8)15-16-12-9(6-14)13(20-2)17-21-12/h3-5,16,18-19H,1-2H3. The molecule has 0 bridgehead atoms. The van der Waals surface area contributed by atoms with E-state index in [1.165, 1.54) is 35.4 Å². The largest absolute Gasteiger partial charge is 0.504 e. The van der Waals surface area contributed by atoms with E-state index in [-0.39, 0.29) is 11.5 Å². The van der Waals surface area contributed by atoms with Crippen LogP contribution in [0.25, 0.3) is 0 Å². The van der Waals surface area contributed by atoms with E-state index in [1.807, 2.05) is 6.26 Å². The molecule has 0 saturated heterocycles. The highest BCUT2D eigenvalue weighted by Crippen LogP contribution is 2.30. The number of thioether (sulfide) groups is 1. The lowest BCUT2D eigenvalue weighted by atomic mass is 10.1. The Hall–Kier alpha value is -2.24. The van der Waals surface area contributed by atoms with Crippen molar-refractivity contribution in [3.63, 3.8) is 0 Å². The van der Waals surface area contributed by atoms with Gasteiger partial charge in [0.25, 0.3) is 0 Å². The first kappa shape index (κ1) is 15.2. The molecule has 3 N–H and O–H groups in total. The summed E-state index contributed by atoms with van der Waals surface area (Å²) in [6.07, 6.45) is 1.85. The van der Waals surface area contributed by atoms with Crippen LogP contribution in [-0.4, -0.2) is 26.6 Å². The number of benzene rings is 1. The Morgan fingerprint density at radius 3 is 2.81 bits per heavy atom. The van der Waals surface area contributed by atoms with Crippen LogP contribution >= 0.6 is 23.3 Å². The fourth-order valence-corrected chi connectivity index (χ4v) is 2.95. The zero-order valence-electron chi connectivity index (χ0n) is 11.3. The van der Waals surface area contributed by atoms with Gasteiger partial charge >= 0.3 is 0 Å². The quantitative estimate of drug-likeness (QED) is 0.346. The molecule has 6 nitrogen and oxygen atoms in total. The number of phenolic OH excluding ortho intramolecular Hbond substituents is 2. The molecule has 1 aromatic carbocycles. The van der Waals surface area contributed by atoms with Gasteiger partial charge in [0.15, 0.2) is 11.5 Å². The smallest absolute Gasteiger partial charge is 0.158 e. The number of rotatable bonds is 4. The average Bonchev–Trinajstić information content (AvgIpc) is 2.89. The van der Waals surface area contributed by atoms with Gasteiger partial charge in [-0.2, -0.15) is 14.7 Å². The maximum Gasteiger partial charge on any atom is 0.158 e. The second-order valence-electron chi connectivity index (χ2n) is 4.02. The number of nitrogens with zero attached hydrogens (tertiary/aromatic N) is 3. The molecule has 0 aliphatic rings. The van der Waals surface area contributed by atoms with E-state index in [0.717, 1.165) is 0 Å². The predicted molar refractivity (Wildman–Crippen MR) is 84.2 cm³/mol. The molecule has 0 aliphatic carbocycles. The first-order valence-electron chi connectivity index (χ1n) is 5.83. The number of hydrogen-bond donors (Lipinski definition) is 3. The van der Waals surface area contributed by atoms with E-state index in [4.69, 9.17) is 5.26 Å². The second kappa shape index (κ2) is 6.47. The molecule has 0 amide bonds. The van der Waals surface area contributed by atoms with E-state index < -0.39 is 0 Å². The van der Waals surface area contributed by atoms with Gasteiger partial charge < -0.3 is 10.2 Å². The van der Waals surface area contributed by atoms with E-state index in [9.17, 15) is 10.2 Å². The second-order valence-corrected chi connectivity index (χ2v) is 5.59. The highest BCUT2D eigenvalue weighted by atomic mass is 32.2. The zero-order valence-corrected chi connectivity index (χ0v) is 12.9. The molecule has 1 aromatic heterocycles. The molecule has 0 aliphatic heterocycles. The van der Waals surface area contributed by atoms with Crippen molar-refractivity contribution in [2.45, 2.75) is 11.9 Å². The summed E-state index contributed by atoms with van der Waals surface area (Å²) in [5.74, 6) is -0.388. The minimum Gasteiger partial charge on any atom is -0.504 e. The Morgan fingerprint density at radius 2 is 2.19 bits per heavy atom. The maximum atomic E-state index is 9.47. The summed E-state index contributed by atoms with van der Waals surface area (Å²) in [7, 11) is 0. The third-order valence-electron chi connectivity index (χ3n) is 2.68. The Labute approximate surface area is 129 Å². The van der Waals surface area contributed by atoms with Crippen molar-refractivity contribution in [3.8, 4) is 17.6 Å². The Morgan fingerprint density at radius 1 is 1.43 bits per heavy atom. The molecular weight excluding hydrogens is 308 g/mol. The van der Waals surface area contributed by atoms with Crippen molar-refractivity contribution < 1.29 is 10.2 Å². The molecule has 0 saturated carbocycles. The Bertz CT molecular complexity index is 734. The van der Waals surface area contributed by atoms with Crippen LogP contribution in [0.1, 0.15) is 18.1 Å². The van der Waals surface area contributed by atoms with Gasteiger partial charge in [-0.1, -0.05) is 0 Å². The molecule has 8 heteroatoms. The number of nitrogens with one attached hydrogen (secondary N) is 1. The number of anilines is 1. The summed E-state index contributed by atoms with van der Waals surface area (Å²) in [5.41, 5.74) is 4.55. The van der Waals surface area contributed by atoms with Gasteiger partial charge in [0.2, 0.25) is 0 Å². The number of phenols is 2. The maximum absolute atomic E-state index is 9.47. The average molecular weight is 320 g/mol. The van der Waals surface area contributed by atoms with Gasteiger partial charge in [-0.05, 0) is 42.9 Å². The molecule has 0 radical (unpaired) electrons. The SMILES string of the molecule is CSc1nsc(NN=C(C)c2ccc(O)c(O)c2)c1C#N. The fourth-order valence-electron chi connectivity index (χ4n) is 1.54. The highest BCUT2D eigenvalue weighted by Gasteiger charge is 2.12. The van der Waals surface area contributed by atoms with E-state index in [1.54, 1.807) is 13.0 Å². The van der Waals surface area contributed by atoms with Gasteiger partial charge in [0, 0.05) is 5.56 Å². The lowest BCUT2D eigenvalue weighted by Gasteiger charge is -2.04. The number of aromatic nitrogens is 1. The summed E-state index contributed by atoms with van der Waals surface area (Å²) in [5, 5.41) is 33.3. The fraction of sp³-hybridized carbons (Fsp3) is 0.154. The Kier molecular flexibility index (Phi) is 4.67. The van der Waals surface area contributed by atoms with Crippen LogP contribution in [0.15, 0.2) is 28.3 Å². The van der Waals surface area contributed by atoms with Gasteiger partial charge in [0.1, 0.15) is 21.7 Å². The normalized spacial score (nSPS) is 11.2. The summed E-state index contributed by atoms with van der Waals surface area (Å²) in [6, 6.07) is 6.55. The molecular formula is C13H12N4O2S2. The highest BCUT2D eigenvalue weighted by molar-refractivity contribution is 7.98. The monoisotopic (exact) mass is 320 g/mol. The number of hydrazone groups is 1. The van der Waals surface area contributed by atoms with Crippen LogP contribution in [0.2, 0.25) is 0 Å². The minimum atomic E-state index is -0.206. The third-order valence-corrected chi connectivity index (χ3v) is 4.23. The van der Waals surface area contributed by atoms with Crippen LogP contribution in [0.5, 0.6) is 11.5 Å². The molecule has 0 atom stereocenters. The van der Waals surface area contributed by atoms with Crippen molar-refractivity contribution in [3.05, 3.63) is 29.3 Å². The lowest BCUT2D eigenvalue weighted by Crippen LogP contribution is -1.99. The molecule has 0 spiro atoms. The number of nitriles is 1. The number of hydrogen-bond acceptors (Lipinski definition) is 8. The van der Waals surface area contributed by atoms with Gasteiger partial charge in [0.05, 0.1) is 5.71 Å². The van der Waals surface area contributed by atoms with Gasteiger partial charge in [-0.25, -0.2) is 0 Å². The molecule has 1 heterocycles.